The van der Waals surface area contributed by atoms with Crippen LogP contribution in [0.4, 0.5) is 0 Å². The molecule has 0 saturated carbocycles. The summed E-state index contributed by atoms with van der Waals surface area (Å²) in [6.07, 6.45) is 2.41. The molecule has 2 rings (SSSR count). The average Bonchev–Trinajstić information content (AvgIpc) is 2.38. The van der Waals surface area contributed by atoms with Crippen LogP contribution in [0.15, 0.2) is 24.3 Å². The van der Waals surface area contributed by atoms with Gasteiger partial charge in [0, 0.05) is 19.1 Å². The number of hydrogen-bond donors (Lipinski definition) is 2. The predicted octanol–water partition coefficient (Wildman–Crippen LogP) is 2.34. The minimum Gasteiger partial charge on any atom is -0.315 e. The van der Waals surface area contributed by atoms with E-state index in [2.05, 4.69) is 48.7 Å². The van der Waals surface area contributed by atoms with Gasteiger partial charge in [0.25, 0.3) is 0 Å². The summed E-state index contributed by atoms with van der Waals surface area (Å²) in [5.74, 6) is 0.783. The molecule has 1 aromatic rings. The Morgan fingerprint density at radius 3 is 2.88 bits per heavy atom. The molecule has 2 unspecified atom stereocenters. The second-order valence-corrected chi connectivity index (χ2v) is 5.22. The zero-order chi connectivity index (χ0) is 12.1. The van der Waals surface area contributed by atoms with E-state index in [4.69, 9.17) is 0 Å². The van der Waals surface area contributed by atoms with Gasteiger partial charge >= 0.3 is 0 Å². The molecule has 2 N–H and O–H groups in total. The summed E-state index contributed by atoms with van der Waals surface area (Å²) in [7, 11) is 0. The van der Waals surface area contributed by atoms with Crippen LogP contribution in [-0.2, 0) is 13.0 Å². The van der Waals surface area contributed by atoms with Crippen LogP contribution in [0, 0.1) is 5.92 Å². The third-order valence-corrected chi connectivity index (χ3v) is 3.75. The van der Waals surface area contributed by atoms with Gasteiger partial charge in [-0.3, -0.25) is 0 Å². The van der Waals surface area contributed by atoms with E-state index in [1.807, 2.05) is 0 Å². The van der Waals surface area contributed by atoms with Crippen LogP contribution >= 0.6 is 0 Å². The first-order chi connectivity index (χ1) is 8.29. The first-order valence-electron chi connectivity index (χ1n) is 6.80. The second kappa shape index (κ2) is 6.18. The fraction of sp³-hybridized carbons (Fsp3) is 0.600. The summed E-state index contributed by atoms with van der Waals surface area (Å²) in [6, 6.07) is 9.35. The Bertz CT molecular complexity index is 349. The van der Waals surface area contributed by atoms with Crippen LogP contribution in [-0.4, -0.2) is 19.1 Å². The van der Waals surface area contributed by atoms with Gasteiger partial charge in [-0.25, -0.2) is 0 Å². The van der Waals surface area contributed by atoms with Crippen molar-refractivity contribution < 1.29 is 0 Å². The minimum absolute atomic E-state index is 0.592. The van der Waals surface area contributed by atoms with Crippen molar-refractivity contribution in [1.29, 1.82) is 0 Å². The molecule has 2 heteroatoms. The smallest absolute Gasteiger partial charge is 0.0236 e. The first-order valence-corrected chi connectivity index (χ1v) is 6.80. The summed E-state index contributed by atoms with van der Waals surface area (Å²) < 4.78 is 0. The Morgan fingerprint density at radius 1 is 1.35 bits per heavy atom. The molecule has 0 spiro atoms. The van der Waals surface area contributed by atoms with Gasteiger partial charge in [0.2, 0.25) is 0 Å². The maximum atomic E-state index is 3.60. The van der Waals surface area contributed by atoms with E-state index >= 15 is 0 Å². The Hall–Kier alpha value is -0.860. The number of hydrogen-bond acceptors (Lipinski definition) is 2. The van der Waals surface area contributed by atoms with Gasteiger partial charge in [-0.2, -0.15) is 0 Å². The molecule has 2 atom stereocenters. The minimum atomic E-state index is 0.592. The van der Waals surface area contributed by atoms with Gasteiger partial charge in [0.15, 0.2) is 0 Å². The lowest BCUT2D eigenvalue weighted by Crippen LogP contribution is -2.43. The topological polar surface area (TPSA) is 24.1 Å². The zero-order valence-corrected chi connectivity index (χ0v) is 11.0. The van der Waals surface area contributed by atoms with Gasteiger partial charge in [-0.05, 0) is 30.0 Å². The molecule has 17 heavy (non-hydrogen) atoms. The van der Waals surface area contributed by atoms with E-state index in [0.29, 0.717) is 6.04 Å². The molecule has 0 aromatic heterocycles. The number of fused-ring (bicyclic) bond motifs is 1. The van der Waals surface area contributed by atoms with Crippen molar-refractivity contribution in [3.63, 3.8) is 0 Å². The molecule has 2 nitrogen and oxygen atoms in total. The highest BCUT2D eigenvalue weighted by atomic mass is 15.0. The van der Waals surface area contributed by atoms with Crippen molar-refractivity contribution >= 4 is 0 Å². The van der Waals surface area contributed by atoms with Gasteiger partial charge in [-0.1, -0.05) is 44.5 Å². The lowest BCUT2D eigenvalue weighted by molar-refractivity contribution is 0.420. The van der Waals surface area contributed by atoms with Crippen molar-refractivity contribution in [3.8, 4) is 0 Å². The van der Waals surface area contributed by atoms with E-state index in [1.54, 1.807) is 0 Å². The van der Waals surface area contributed by atoms with Gasteiger partial charge in [-0.15, -0.1) is 0 Å². The van der Waals surface area contributed by atoms with E-state index in [-0.39, 0.29) is 0 Å². The molecule has 1 aliphatic rings. The highest BCUT2D eigenvalue weighted by molar-refractivity contribution is 5.29. The van der Waals surface area contributed by atoms with Gasteiger partial charge < -0.3 is 10.6 Å². The molecule has 0 aliphatic carbocycles. The monoisotopic (exact) mass is 232 g/mol. The quantitative estimate of drug-likeness (QED) is 0.814. The van der Waals surface area contributed by atoms with E-state index < -0.39 is 0 Å². The molecule has 1 aromatic carbocycles. The summed E-state index contributed by atoms with van der Waals surface area (Å²) in [6.45, 7) is 7.79. The van der Waals surface area contributed by atoms with Crippen molar-refractivity contribution in [1.82, 2.24) is 10.6 Å². The summed E-state index contributed by atoms with van der Waals surface area (Å²) in [5.41, 5.74) is 2.98. The van der Waals surface area contributed by atoms with Crippen molar-refractivity contribution in [2.24, 2.45) is 5.92 Å². The van der Waals surface area contributed by atoms with Crippen molar-refractivity contribution in [3.05, 3.63) is 35.4 Å². The Labute approximate surface area is 105 Å². The number of nitrogens with one attached hydrogen (secondary N) is 2. The lowest BCUT2D eigenvalue weighted by Gasteiger charge is -2.26. The molecule has 1 heterocycles. The average molecular weight is 232 g/mol. The standard InChI is InChI=1S/C15H24N2/c1-3-12(2)9-16-11-15-8-13-6-4-5-7-14(13)10-17-15/h4-7,12,15-17H,3,8-11H2,1-2H3. The van der Waals surface area contributed by atoms with E-state index in [9.17, 15) is 0 Å². The van der Waals surface area contributed by atoms with E-state index in [1.165, 1.54) is 17.5 Å². The van der Waals surface area contributed by atoms with Crippen LogP contribution in [0.25, 0.3) is 0 Å². The third kappa shape index (κ3) is 3.55. The first kappa shape index (κ1) is 12.6. The lowest BCUT2D eigenvalue weighted by atomic mass is 9.96. The molecule has 0 fully saturated rings. The molecular formula is C15H24N2. The molecule has 0 radical (unpaired) electrons. The SMILES string of the molecule is CCC(C)CNCC1Cc2ccccc2CN1. The number of benzene rings is 1. The largest absolute Gasteiger partial charge is 0.315 e. The Morgan fingerprint density at radius 2 is 2.12 bits per heavy atom. The summed E-state index contributed by atoms with van der Waals surface area (Å²) in [4.78, 5) is 0. The van der Waals surface area contributed by atoms with E-state index in [0.717, 1.165) is 32.0 Å². The molecule has 0 bridgehead atoms. The molecule has 0 saturated heterocycles. The second-order valence-electron chi connectivity index (χ2n) is 5.22. The van der Waals surface area contributed by atoms with Crippen LogP contribution in [0.3, 0.4) is 0 Å². The fourth-order valence-corrected chi connectivity index (χ4v) is 2.31. The number of rotatable bonds is 5. The highest BCUT2D eigenvalue weighted by Gasteiger charge is 2.16. The molecule has 1 aliphatic heterocycles. The van der Waals surface area contributed by atoms with Crippen LogP contribution < -0.4 is 10.6 Å². The Kier molecular flexibility index (Phi) is 4.57. The van der Waals surface area contributed by atoms with Crippen molar-refractivity contribution in [2.75, 3.05) is 13.1 Å². The molecule has 94 valence electrons. The van der Waals surface area contributed by atoms with Crippen LogP contribution in [0.2, 0.25) is 0 Å². The highest BCUT2D eigenvalue weighted by Crippen LogP contribution is 2.15. The Balaban J connectivity index is 1.78. The van der Waals surface area contributed by atoms with Crippen molar-refractivity contribution in [2.45, 2.75) is 39.3 Å². The van der Waals surface area contributed by atoms with Crippen LogP contribution in [0.1, 0.15) is 31.4 Å². The summed E-state index contributed by atoms with van der Waals surface area (Å²) in [5, 5.41) is 7.18. The normalized spacial score (nSPS) is 20.9. The summed E-state index contributed by atoms with van der Waals surface area (Å²) >= 11 is 0. The molecule has 0 amide bonds. The van der Waals surface area contributed by atoms with Crippen LogP contribution in [0.5, 0.6) is 0 Å². The maximum absolute atomic E-state index is 3.60. The maximum Gasteiger partial charge on any atom is 0.0236 e. The van der Waals surface area contributed by atoms with Gasteiger partial charge in [0.05, 0.1) is 0 Å². The third-order valence-electron chi connectivity index (χ3n) is 3.75. The predicted molar refractivity (Wildman–Crippen MR) is 73.1 cm³/mol. The fourth-order valence-electron chi connectivity index (χ4n) is 2.31. The molecular weight excluding hydrogens is 208 g/mol. The van der Waals surface area contributed by atoms with Gasteiger partial charge in [0.1, 0.15) is 0 Å². The zero-order valence-electron chi connectivity index (χ0n) is 11.0.